The maximum absolute atomic E-state index is 13.4. The summed E-state index contributed by atoms with van der Waals surface area (Å²) >= 11 is 0. The molecular weight excluding hydrogens is 428 g/mol. The quantitative estimate of drug-likeness (QED) is 0.690. The second-order valence-electron chi connectivity index (χ2n) is 7.24. The molecule has 0 aliphatic carbocycles. The number of likely N-dealkylation sites (tertiary alicyclic amines) is 1. The molecule has 3 rings (SSSR count). The zero-order valence-corrected chi connectivity index (χ0v) is 17.8. The van der Waals surface area contributed by atoms with Crippen LogP contribution < -0.4 is 10.6 Å². The molecule has 2 aliphatic rings. The first-order chi connectivity index (χ1) is 12.9. The number of halogens is 5. The topological polar surface area (TPSA) is 47.6 Å². The van der Waals surface area contributed by atoms with Crippen LogP contribution in [-0.2, 0) is 6.54 Å². The van der Waals surface area contributed by atoms with E-state index in [1.165, 1.54) is 17.7 Å². The summed E-state index contributed by atoms with van der Waals surface area (Å²) in [6, 6.07) is 5.51. The van der Waals surface area contributed by atoms with Crippen LogP contribution in [0.3, 0.4) is 0 Å². The van der Waals surface area contributed by atoms with Crippen LogP contribution in [0, 0.1) is 0 Å². The van der Waals surface area contributed by atoms with Crippen LogP contribution in [0.2, 0.25) is 0 Å². The third kappa shape index (κ3) is 7.61. The predicted octanol–water partition coefficient (Wildman–Crippen LogP) is 2.69. The Hall–Kier alpha value is -1.06. The standard InChI is InChI=1S/C19H27F3N4O.2ClH/c20-19(21,22)17(26-10-6-23-7-11-26)13-24-18(27)16-5-3-4-15(12-16)14-25-8-1-2-9-25;;/h3-5,12,17,23H,1-2,6-11,13-14H2,(H,24,27);2*1H. The molecule has 2 fully saturated rings. The van der Waals surface area contributed by atoms with Crippen LogP contribution in [0.15, 0.2) is 24.3 Å². The van der Waals surface area contributed by atoms with E-state index < -0.39 is 24.7 Å². The van der Waals surface area contributed by atoms with E-state index in [0.717, 1.165) is 25.2 Å². The number of carbonyl (C=O) groups is 1. The van der Waals surface area contributed by atoms with E-state index in [0.29, 0.717) is 31.7 Å². The van der Waals surface area contributed by atoms with Crippen LogP contribution in [0.1, 0.15) is 28.8 Å². The molecule has 2 aliphatic heterocycles. The highest BCUT2D eigenvalue weighted by molar-refractivity contribution is 5.94. The molecule has 0 radical (unpaired) electrons. The monoisotopic (exact) mass is 456 g/mol. The van der Waals surface area contributed by atoms with Gasteiger partial charge in [0.15, 0.2) is 0 Å². The van der Waals surface area contributed by atoms with Crippen LogP contribution in [0.25, 0.3) is 0 Å². The molecular formula is C19H29Cl2F3N4O. The van der Waals surface area contributed by atoms with Crippen molar-refractivity contribution in [2.45, 2.75) is 31.6 Å². The lowest BCUT2D eigenvalue weighted by atomic mass is 10.1. The lowest BCUT2D eigenvalue weighted by Gasteiger charge is -2.35. The third-order valence-corrected chi connectivity index (χ3v) is 5.22. The Kier molecular flexibility index (Phi) is 10.7. The largest absolute Gasteiger partial charge is 0.405 e. The van der Waals surface area contributed by atoms with E-state index in [1.54, 1.807) is 18.2 Å². The minimum atomic E-state index is -4.37. The molecule has 166 valence electrons. The lowest BCUT2D eigenvalue weighted by Crippen LogP contribution is -2.57. The van der Waals surface area contributed by atoms with Crippen molar-refractivity contribution in [3.05, 3.63) is 35.4 Å². The van der Waals surface area contributed by atoms with Crippen molar-refractivity contribution in [3.8, 4) is 0 Å². The fourth-order valence-electron chi connectivity index (χ4n) is 3.75. The van der Waals surface area contributed by atoms with Crippen molar-refractivity contribution in [2.75, 3.05) is 45.8 Å². The zero-order valence-electron chi connectivity index (χ0n) is 16.2. The fourth-order valence-corrected chi connectivity index (χ4v) is 3.75. The fraction of sp³-hybridized carbons (Fsp3) is 0.632. The van der Waals surface area contributed by atoms with Crippen molar-refractivity contribution in [1.29, 1.82) is 0 Å². The number of nitrogens with one attached hydrogen (secondary N) is 2. The van der Waals surface area contributed by atoms with E-state index in [4.69, 9.17) is 0 Å². The number of rotatable bonds is 6. The normalized spacial score (nSPS) is 19.1. The first-order valence-corrected chi connectivity index (χ1v) is 9.54. The molecule has 1 unspecified atom stereocenters. The number of hydrogen-bond donors (Lipinski definition) is 2. The molecule has 1 aromatic rings. The van der Waals surface area contributed by atoms with Gasteiger partial charge in [0.2, 0.25) is 0 Å². The number of hydrogen-bond acceptors (Lipinski definition) is 4. The maximum atomic E-state index is 13.4. The number of nitrogens with zero attached hydrogens (tertiary/aromatic N) is 2. The molecule has 10 heteroatoms. The zero-order chi connectivity index (χ0) is 19.3. The van der Waals surface area contributed by atoms with Gasteiger partial charge in [-0.15, -0.1) is 24.8 Å². The van der Waals surface area contributed by atoms with Gasteiger partial charge in [-0.25, -0.2) is 0 Å². The molecule has 1 aromatic carbocycles. The average molecular weight is 457 g/mol. The smallest absolute Gasteiger partial charge is 0.350 e. The summed E-state index contributed by atoms with van der Waals surface area (Å²) in [6.45, 7) is 4.14. The van der Waals surface area contributed by atoms with Gasteiger partial charge in [0.1, 0.15) is 6.04 Å². The molecule has 0 bridgehead atoms. The summed E-state index contributed by atoms with van der Waals surface area (Å²) < 4.78 is 40.3. The Morgan fingerprint density at radius 2 is 1.76 bits per heavy atom. The van der Waals surface area contributed by atoms with Gasteiger partial charge in [-0.1, -0.05) is 12.1 Å². The summed E-state index contributed by atoms with van der Waals surface area (Å²) in [5, 5.41) is 5.54. The number of piperazine rings is 1. The molecule has 2 heterocycles. The van der Waals surface area contributed by atoms with Gasteiger partial charge in [-0.3, -0.25) is 14.6 Å². The Balaban J connectivity index is 0.00000210. The Morgan fingerprint density at radius 1 is 1.10 bits per heavy atom. The first kappa shape index (κ1) is 26.0. The van der Waals surface area contributed by atoms with Gasteiger partial charge in [-0.2, -0.15) is 13.2 Å². The molecule has 0 aromatic heterocycles. The van der Waals surface area contributed by atoms with Gasteiger partial charge >= 0.3 is 6.18 Å². The molecule has 0 saturated carbocycles. The van der Waals surface area contributed by atoms with Gasteiger partial charge < -0.3 is 10.6 Å². The van der Waals surface area contributed by atoms with Crippen LogP contribution >= 0.6 is 24.8 Å². The second kappa shape index (κ2) is 12.0. The molecule has 2 saturated heterocycles. The number of carbonyl (C=O) groups excluding carboxylic acids is 1. The number of amides is 1. The molecule has 1 amide bonds. The average Bonchev–Trinajstić information content (AvgIpc) is 3.15. The Labute approximate surface area is 182 Å². The van der Waals surface area contributed by atoms with Gasteiger partial charge in [0, 0.05) is 44.8 Å². The first-order valence-electron chi connectivity index (χ1n) is 9.54. The molecule has 5 nitrogen and oxygen atoms in total. The second-order valence-corrected chi connectivity index (χ2v) is 7.24. The highest BCUT2D eigenvalue weighted by atomic mass is 35.5. The number of benzene rings is 1. The summed E-state index contributed by atoms with van der Waals surface area (Å²) in [6.07, 6.45) is -2.00. The van der Waals surface area contributed by atoms with Gasteiger partial charge in [-0.05, 0) is 43.6 Å². The predicted molar refractivity (Wildman–Crippen MR) is 112 cm³/mol. The van der Waals surface area contributed by atoms with Crippen LogP contribution in [0.5, 0.6) is 0 Å². The Morgan fingerprint density at radius 3 is 2.38 bits per heavy atom. The van der Waals surface area contributed by atoms with E-state index >= 15 is 0 Å². The third-order valence-electron chi connectivity index (χ3n) is 5.22. The minimum Gasteiger partial charge on any atom is -0.350 e. The summed E-state index contributed by atoms with van der Waals surface area (Å²) in [5.41, 5.74) is 1.42. The van der Waals surface area contributed by atoms with Crippen LogP contribution in [0.4, 0.5) is 13.2 Å². The van der Waals surface area contributed by atoms with Crippen molar-refractivity contribution >= 4 is 30.7 Å². The summed E-state index contributed by atoms with van der Waals surface area (Å²) in [4.78, 5) is 16.1. The van der Waals surface area contributed by atoms with E-state index in [-0.39, 0.29) is 24.8 Å². The van der Waals surface area contributed by atoms with Crippen molar-refractivity contribution in [3.63, 3.8) is 0 Å². The van der Waals surface area contributed by atoms with E-state index in [9.17, 15) is 18.0 Å². The highest BCUT2D eigenvalue weighted by Crippen LogP contribution is 2.25. The number of alkyl halides is 3. The van der Waals surface area contributed by atoms with Crippen molar-refractivity contribution in [1.82, 2.24) is 20.4 Å². The van der Waals surface area contributed by atoms with Gasteiger partial charge in [0.05, 0.1) is 0 Å². The Bertz CT molecular complexity index is 636. The van der Waals surface area contributed by atoms with E-state index in [1.807, 2.05) is 6.07 Å². The summed E-state index contributed by atoms with van der Waals surface area (Å²) in [5.74, 6) is -0.456. The molecule has 0 spiro atoms. The van der Waals surface area contributed by atoms with Crippen LogP contribution in [-0.4, -0.2) is 73.7 Å². The lowest BCUT2D eigenvalue weighted by molar-refractivity contribution is -0.183. The summed E-state index contributed by atoms with van der Waals surface area (Å²) in [7, 11) is 0. The SMILES string of the molecule is Cl.Cl.O=C(NCC(N1CCNCC1)C(F)(F)F)c1cccc(CN2CCCC2)c1. The van der Waals surface area contributed by atoms with E-state index in [2.05, 4.69) is 15.5 Å². The van der Waals surface area contributed by atoms with Crippen molar-refractivity contribution in [2.24, 2.45) is 0 Å². The van der Waals surface area contributed by atoms with Gasteiger partial charge in [0.25, 0.3) is 5.91 Å². The highest BCUT2D eigenvalue weighted by Gasteiger charge is 2.43. The maximum Gasteiger partial charge on any atom is 0.405 e. The molecule has 2 N–H and O–H groups in total. The molecule has 29 heavy (non-hydrogen) atoms. The minimum absolute atomic E-state index is 0. The molecule has 1 atom stereocenters. The van der Waals surface area contributed by atoms with Crippen molar-refractivity contribution < 1.29 is 18.0 Å².